The number of nitrogens with zero attached hydrogens (tertiary/aromatic N) is 2. The third kappa shape index (κ3) is 5.17. The first-order chi connectivity index (χ1) is 15.6. The molecule has 174 valence electrons. The molecule has 33 heavy (non-hydrogen) atoms. The molecular formula is C21H20F2N4O5S. The van der Waals surface area contributed by atoms with Crippen molar-refractivity contribution in [3.8, 4) is 11.5 Å². The third-order valence-electron chi connectivity index (χ3n) is 5.07. The maximum atomic E-state index is 13.2. The number of allylic oxidation sites excluding steroid dienone is 1. The molecule has 1 aliphatic heterocycles. The van der Waals surface area contributed by atoms with Gasteiger partial charge in [-0.15, -0.1) is 0 Å². The number of methoxy groups -OCH3 is 1. The van der Waals surface area contributed by atoms with Gasteiger partial charge in [0.15, 0.2) is 16.6 Å². The van der Waals surface area contributed by atoms with Crippen LogP contribution < -0.4 is 20.1 Å². The summed E-state index contributed by atoms with van der Waals surface area (Å²) in [5, 5.41) is 17.0. The predicted molar refractivity (Wildman–Crippen MR) is 120 cm³/mol. The first-order valence-corrected chi connectivity index (χ1v) is 9.96. The Morgan fingerprint density at radius 1 is 1.24 bits per heavy atom. The molecule has 1 amide bonds. The quantitative estimate of drug-likeness (QED) is 0.350. The number of alkyl halides is 2. The predicted octanol–water partition coefficient (Wildman–Crippen LogP) is 3.98. The van der Waals surface area contributed by atoms with Crippen LogP contribution in [-0.4, -0.2) is 41.6 Å². The fraction of sp³-hybridized carbons (Fsp3) is 0.238. The Labute approximate surface area is 193 Å². The first-order valence-electron chi connectivity index (χ1n) is 9.56. The minimum atomic E-state index is -3.02. The van der Waals surface area contributed by atoms with Gasteiger partial charge in [-0.05, 0) is 49.0 Å². The number of non-ortho nitro benzene ring substituents is 1. The number of nitro groups is 1. The van der Waals surface area contributed by atoms with Gasteiger partial charge in [0.2, 0.25) is 0 Å². The number of hydrogen-bond donors (Lipinski definition) is 2. The van der Waals surface area contributed by atoms with Gasteiger partial charge >= 0.3 is 6.61 Å². The topological polar surface area (TPSA) is 106 Å². The lowest BCUT2D eigenvalue weighted by Gasteiger charge is -2.36. The van der Waals surface area contributed by atoms with Gasteiger partial charge in [0.25, 0.3) is 11.6 Å². The summed E-state index contributed by atoms with van der Waals surface area (Å²) in [6.07, 6.45) is 0. The van der Waals surface area contributed by atoms with Crippen molar-refractivity contribution >= 4 is 34.6 Å². The summed E-state index contributed by atoms with van der Waals surface area (Å²) in [4.78, 5) is 25.2. The largest absolute Gasteiger partial charge is 0.493 e. The number of amides is 1. The van der Waals surface area contributed by atoms with Crippen LogP contribution in [0.4, 0.5) is 20.2 Å². The maximum absolute atomic E-state index is 13.2. The van der Waals surface area contributed by atoms with Crippen LogP contribution in [0, 0.1) is 10.1 Å². The molecule has 1 aliphatic rings. The molecule has 0 saturated carbocycles. The lowest BCUT2D eigenvalue weighted by Crippen LogP contribution is -2.46. The van der Waals surface area contributed by atoms with Crippen molar-refractivity contribution in [3.63, 3.8) is 0 Å². The van der Waals surface area contributed by atoms with Gasteiger partial charge in [-0.3, -0.25) is 14.9 Å². The highest BCUT2D eigenvalue weighted by Gasteiger charge is 2.33. The molecule has 0 radical (unpaired) electrons. The minimum Gasteiger partial charge on any atom is -0.493 e. The van der Waals surface area contributed by atoms with Gasteiger partial charge in [-0.1, -0.05) is 6.07 Å². The Balaban J connectivity index is 1.97. The van der Waals surface area contributed by atoms with Gasteiger partial charge in [0, 0.05) is 30.6 Å². The maximum Gasteiger partial charge on any atom is 0.387 e. The molecule has 3 rings (SSSR count). The van der Waals surface area contributed by atoms with Gasteiger partial charge in [0.05, 0.1) is 23.6 Å². The van der Waals surface area contributed by atoms with E-state index >= 15 is 0 Å². The zero-order valence-electron chi connectivity index (χ0n) is 17.8. The monoisotopic (exact) mass is 478 g/mol. The van der Waals surface area contributed by atoms with E-state index in [9.17, 15) is 23.7 Å². The normalized spacial score (nSPS) is 15.9. The number of thiocarbonyl (C=S) groups is 1. The van der Waals surface area contributed by atoms with E-state index in [1.165, 1.54) is 49.6 Å². The van der Waals surface area contributed by atoms with E-state index in [0.29, 0.717) is 27.6 Å². The van der Waals surface area contributed by atoms with Crippen molar-refractivity contribution in [2.24, 2.45) is 0 Å². The molecule has 1 atom stereocenters. The number of ether oxygens (including phenoxy) is 2. The van der Waals surface area contributed by atoms with E-state index < -0.39 is 23.5 Å². The summed E-state index contributed by atoms with van der Waals surface area (Å²) in [7, 11) is 3.01. The average Bonchev–Trinajstić information content (AvgIpc) is 2.77. The van der Waals surface area contributed by atoms with Gasteiger partial charge in [-0.2, -0.15) is 8.78 Å². The second-order valence-electron chi connectivity index (χ2n) is 6.99. The fourth-order valence-corrected chi connectivity index (χ4v) is 3.56. The van der Waals surface area contributed by atoms with Crippen LogP contribution in [0.3, 0.4) is 0 Å². The standard InChI is InChI=1S/C21H20F2N4O5S/c1-11-17(19(28)24-13-5-7-14(8-6-13)27(29)30)18(25-21(33)26(11)2)12-4-9-15(32-20(22)23)16(10-12)31-3/h4-10,18,20H,1-3H3,(H,24,28)(H,25,33). The third-order valence-corrected chi connectivity index (χ3v) is 5.46. The Morgan fingerprint density at radius 3 is 2.48 bits per heavy atom. The summed E-state index contributed by atoms with van der Waals surface area (Å²) in [5.74, 6) is -0.559. The van der Waals surface area contributed by atoms with Crippen LogP contribution in [0.5, 0.6) is 11.5 Å². The van der Waals surface area contributed by atoms with E-state index in [4.69, 9.17) is 17.0 Å². The number of hydrogen-bond acceptors (Lipinski definition) is 6. The summed E-state index contributed by atoms with van der Waals surface area (Å²) in [6.45, 7) is -1.31. The van der Waals surface area contributed by atoms with E-state index in [2.05, 4.69) is 15.4 Å². The highest BCUT2D eigenvalue weighted by molar-refractivity contribution is 7.80. The Bertz CT molecular complexity index is 1120. The molecule has 0 fully saturated rings. The zero-order valence-corrected chi connectivity index (χ0v) is 18.6. The molecular weight excluding hydrogens is 458 g/mol. The molecule has 2 N–H and O–H groups in total. The van der Waals surface area contributed by atoms with Crippen LogP contribution in [0.1, 0.15) is 18.5 Å². The number of rotatable bonds is 7. The van der Waals surface area contributed by atoms with Gasteiger partial charge in [-0.25, -0.2) is 0 Å². The molecule has 0 aliphatic carbocycles. The molecule has 0 aromatic heterocycles. The number of anilines is 1. The summed E-state index contributed by atoms with van der Waals surface area (Å²) in [5.41, 5.74) is 1.66. The van der Waals surface area contributed by atoms with Crippen LogP contribution in [0.2, 0.25) is 0 Å². The first kappa shape index (κ1) is 23.9. The average molecular weight is 478 g/mol. The molecule has 12 heteroatoms. The van der Waals surface area contributed by atoms with Crippen LogP contribution in [0.25, 0.3) is 0 Å². The molecule has 2 aromatic carbocycles. The Kier molecular flexibility index (Phi) is 7.07. The van der Waals surface area contributed by atoms with E-state index in [-0.39, 0.29) is 17.2 Å². The number of halogens is 2. The van der Waals surface area contributed by atoms with E-state index in [1.54, 1.807) is 18.9 Å². The fourth-order valence-electron chi connectivity index (χ4n) is 3.30. The number of nitro benzene ring substituents is 1. The Hall–Kier alpha value is -3.80. The van der Waals surface area contributed by atoms with Crippen molar-refractivity contribution in [2.45, 2.75) is 19.6 Å². The molecule has 9 nitrogen and oxygen atoms in total. The lowest BCUT2D eigenvalue weighted by molar-refractivity contribution is -0.384. The van der Waals surface area contributed by atoms with Crippen LogP contribution in [0.15, 0.2) is 53.7 Å². The second-order valence-corrected chi connectivity index (χ2v) is 7.37. The van der Waals surface area contributed by atoms with Crippen LogP contribution in [-0.2, 0) is 4.79 Å². The van der Waals surface area contributed by atoms with Crippen molar-refractivity contribution in [1.29, 1.82) is 0 Å². The van der Waals surface area contributed by atoms with E-state index in [1.807, 2.05) is 0 Å². The number of nitrogens with one attached hydrogen (secondary N) is 2. The highest BCUT2D eigenvalue weighted by Crippen LogP contribution is 2.36. The summed E-state index contributed by atoms with van der Waals surface area (Å²) >= 11 is 5.36. The van der Waals surface area contributed by atoms with Crippen LogP contribution >= 0.6 is 12.2 Å². The van der Waals surface area contributed by atoms with Gasteiger partial charge in [0.1, 0.15) is 0 Å². The number of carbonyl (C=O) groups excluding carboxylic acids is 1. The van der Waals surface area contributed by atoms with Gasteiger partial charge < -0.3 is 25.0 Å². The molecule has 1 heterocycles. The molecule has 0 spiro atoms. The lowest BCUT2D eigenvalue weighted by atomic mass is 9.94. The molecule has 0 saturated heterocycles. The zero-order chi connectivity index (χ0) is 24.3. The van der Waals surface area contributed by atoms with Crippen molar-refractivity contribution < 1.29 is 28.0 Å². The van der Waals surface area contributed by atoms with E-state index in [0.717, 1.165) is 0 Å². The minimum absolute atomic E-state index is 0.0622. The molecule has 1 unspecified atom stereocenters. The van der Waals surface area contributed by atoms with Crippen molar-refractivity contribution in [1.82, 2.24) is 10.2 Å². The summed E-state index contributed by atoms with van der Waals surface area (Å²) in [6, 6.07) is 9.01. The smallest absolute Gasteiger partial charge is 0.387 e. The van der Waals surface area contributed by atoms with Crippen molar-refractivity contribution in [2.75, 3.05) is 19.5 Å². The SMILES string of the molecule is COc1cc(C2NC(=S)N(C)C(C)=C2C(=O)Nc2ccc([N+](=O)[O-])cc2)ccc1OC(F)F. The number of benzene rings is 2. The van der Waals surface area contributed by atoms with Crippen molar-refractivity contribution in [3.05, 3.63) is 69.4 Å². The molecule has 0 bridgehead atoms. The Morgan fingerprint density at radius 2 is 1.91 bits per heavy atom. The highest BCUT2D eigenvalue weighted by atomic mass is 32.1. The molecule has 2 aromatic rings. The second kappa shape index (κ2) is 9.77. The summed E-state index contributed by atoms with van der Waals surface area (Å²) < 4.78 is 35.0. The number of carbonyl (C=O) groups is 1.